The highest BCUT2D eigenvalue weighted by Gasteiger charge is 2.34. The van der Waals surface area contributed by atoms with Crippen molar-refractivity contribution in [2.45, 2.75) is 6.18 Å². The van der Waals surface area contributed by atoms with Crippen LogP contribution in [0, 0.1) is 0 Å². The van der Waals surface area contributed by atoms with Crippen LogP contribution in [0.5, 0.6) is 0 Å². The summed E-state index contributed by atoms with van der Waals surface area (Å²) in [4.78, 5) is 3.96. The molecule has 0 N–H and O–H groups in total. The molecule has 0 aliphatic heterocycles. The molecule has 0 saturated heterocycles. The molecule has 0 aliphatic carbocycles. The Morgan fingerprint density at radius 3 is 2.50 bits per heavy atom. The molecule has 0 aliphatic rings. The van der Waals surface area contributed by atoms with E-state index in [1.165, 1.54) is 6.20 Å². The summed E-state index contributed by atoms with van der Waals surface area (Å²) in [5.41, 5.74) is -0.179. The molecule has 2 aromatic heterocycles. The van der Waals surface area contributed by atoms with Crippen LogP contribution in [0.1, 0.15) is 5.69 Å². The Morgan fingerprint density at radius 2 is 2.00 bits per heavy atom. The van der Waals surface area contributed by atoms with Gasteiger partial charge in [0.05, 0.1) is 11.4 Å². The maximum atomic E-state index is 12.4. The smallest absolute Gasteiger partial charge is 0.382 e. The van der Waals surface area contributed by atoms with E-state index in [9.17, 15) is 13.2 Å². The highest BCUT2D eigenvalue weighted by atomic mass is 27.1. The summed E-state index contributed by atoms with van der Waals surface area (Å²) in [7, 11) is 0. The van der Waals surface area contributed by atoms with Gasteiger partial charge in [-0.2, -0.15) is 18.3 Å². The number of hydrogen-bond donors (Lipinski definition) is 0. The highest BCUT2D eigenvalue weighted by molar-refractivity contribution is 6.07. The van der Waals surface area contributed by atoms with Crippen molar-refractivity contribution in [3.05, 3.63) is 36.2 Å². The first kappa shape index (κ1) is 11.2. The van der Waals surface area contributed by atoms with Gasteiger partial charge in [0.2, 0.25) is 0 Å². The third kappa shape index (κ3) is 2.10. The van der Waals surface area contributed by atoms with Crippen LogP contribution in [0.3, 0.4) is 0 Å². The van der Waals surface area contributed by atoms with Gasteiger partial charge >= 0.3 is 22.7 Å². The summed E-state index contributed by atoms with van der Waals surface area (Å²) in [6, 6.07) is 5.98. The zero-order valence-corrected chi connectivity index (χ0v) is 9.09. The molecule has 0 aromatic carbocycles. The molecule has 0 atom stereocenters. The first-order valence-electron chi connectivity index (χ1n) is 4.32. The van der Waals surface area contributed by atoms with Crippen molar-refractivity contribution < 1.29 is 13.2 Å². The maximum absolute atomic E-state index is 12.4. The van der Waals surface area contributed by atoms with Gasteiger partial charge in [0, 0.05) is 6.20 Å². The predicted molar refractivity (Wildman–Crippen MR) is 51.6 cm³/mol. The van der Waals surface area contributed by atoms with Gasteiger partial charge in [-0.25, -0.2) is 0 Å². The monoisotopic (exact) mass is 239 g/mol. The lowest BCUT2D eigenvalue weighted by Gasteiger charge is -2.00. The van der Waals surface area contributed by atoms with E-state index in [1.807, 2.05) is 0 Å². The fourth-order valence-electron chi connectivity index (χ4n) is 1.24. The summed E-state index contributed by atoms with van der Waals surface area (Å²) >= 11 is 2.10. The van der Waals surface area contributed by atoms with Gasteiger partial charge in [0.15, 0.2) is 5.69 Å². The van der Waals surface area contributed by atoms with Gasteiger partial charge in [0.25, 0.3) is 0 Å². The molecule has 80 valence electrons. The number of halogens is 3. The molecular formula is C9H5AlF3N3. The summed E-state index contributed by atoms with van der Waals surface area (Å²) < 4.78 is 38.3. The van der Waals surface area contributed by atoms with E-state index in [4.69, 9.17) is 0 Å². The van der Waals surface area contributed by atoms with Crippen molar-refractivity contribution >= 4 is 16.5 Å². The maximum Gasteiger partial charge on any atom is 0.435 e. The molecule has 0 spiro atoms. The Bertz CT molecular complexity index is 492. The van der Waals surface area contributed by atoms with Crippen LogP contribution in [0.25, 0.3) is 11.4 Å². The second kappa shape index (κ2) is 3.92. The molecule has 16 heavy (non-hydrogen) atoms. The van der Waals surface area contributed by atoms with Crippen LogP contribution in [0.2, 0.25) is 0 Å². The van der Waals surface area contributed by atoms with E-state index < -0.39 is 11.9 Å². The fraction of sp³-hybridized carbons (Fsp3) is 0.111. The molecule has 3 nitrogen and oxygen atoms in total. The van der Waals surface area contributed by atoms with Gasteiger partial charge in [0.1, 0.15) is 0 Å². The molecule has 0 bridgehead atoms. The zero-order valence-electron chi connectivity index (χ0n) is 7.94. The Labute approximate surface area is 97.6 Å². The van der Waals surface area contributed by atoms with E-state index >= 15 is 0 Å². The van der Waals surface area contributed by atoms with Gasteiger partial charge in [-0.3, -0.25) is 4.98 Å². The van der Waals surface area contributed by atoms with Crippen LogP contribution in [0.4, 0.5) is 13.2 Å². The van der Waals surface area contributed by atoms with Crippen molar-refractivity contribution in [3.63, 3.8) is 0 Å². The van der Waals surface area contributed by atoms with Crippen molar-refractivity contribution in [2.24, 2.45) is 0 Å². The Hall–Kier alpha value is -1.32. The molecule has 2 aromatic rings. The van der Waals surface area contributed by atoms with Gasteiger partial charge < -0.3 is 3.67 Å². The van der Waals surface area contributed by atoms with Crippen molar-refractivity contribution in [1.29, 1.82) is 0 Å². The lowest BCUT2D eigenvalue weighted by Crippen LogP contribution is -2.07. The lowest BCUT2D eigenvalue weighted by molar-refractivity contribution is -0.141. The average molecular weight is 239 g/mol. The first-order valence-corrected chi connectivity index (χ1v) is 4.84. The van der Waals surface area contributed by atoms with Crippen LogP contribution < -0.4 is 0 Å². The van der Waals surface area contributed by atoms with Crippen LogP contribution in [0.15, 0.2) is 30.5 Å². The number of rotatable bonds is 1. The Morgan fingerprint density at radius 1 is 1.25 bits per heavy atom. The summed E-state index contributed by atoms with van der Waals surface area (Å²) in [5, 5.41) is 3.37. The molecule has 2 heterocycles. The molecular weight excluding hydrogens is 234 g/mol. The minimum absolute atomic E-state index is 0.304. The fourth-order valence-corrected chi connectivity index (χ4v) is 1.57. The number of aromatic nitrogens is 3. The summed E-state index contributed by atoms with van der Waals surface area (Å²) in [5.74, 6) is 0. The molecule has 0 amide bonds. The normalized spacial score (nSPS) is 11.7. The lowest BCUT2D eigenvalue weighted by atomic mass is 10.2. The highest BCUT2D eigenvalue weighted by Crippen LogP contribution is 2.30. The molecule has 0 unspecified atom stereocenters. The number of hydrogen-bond acceptors (Lipinski definition) is 2. The van der Waals surface area contributed by atoms with Crippen molar-refractivity contribution in [2.75, 3.05) is 0 Å². The van der Waals surface area contributed by atoms with Crippen molar-refractivity contribution in [3.8, 4) is 11.4 Å². The minimum Gasteiger partial charge on any atom is -0.382 e. The average Bonchev–Trinajstić information content (AvgIpc) is 2.61. The Balaban J connectivity index is 2.48. The van der Waals surface area contributed by atoms with E-state index in [0.717, 1.165) is 9.73 Å². The third-order valence-corrected chi connectivity index (χ3v) is 2.35. The van der Waals surface area contributed by atoms with Gasteiger partial charge in [-0.05, 0) is 18.2 Å². The van der Waals surface area contributed by atoms with E-state index in [-0.39, 0.29) is 0 Å². The minimum atomic E-state index is -4.44. The largest absolute Gasteiger partial charge is 0.435 e. The zero-order chi connectivity index (χ0) is 11.8. The second-order valence-corrected chi connectivity index (χ2v) is 3.56. The predicted octanol–water partition coefficient (Wildman–Crippen LogP) is 1.90. The molecule has 0 fully saturated rings. The van der Waals surface area contributed by atoms with Crippen molar-refractivity contribution in [1.82, 2.24) is 13.7 Å². The molecule has 2 radical (unpaired) electrons. The molecule has 2 rings (SSSR count). The Kier molecular flexibility index (Phi) is 2.74. The number of pyridine rings is 1. The number of nitrogens with zero attached hydrogens (tertiary/aromatic N) is 3. The second-order valence-electron chi connectivity index (χ2n) is 3.07. The van der Waals surface area contributed by atoms with Crippen LogP contribution in [-0.2, 0) is 6.18 Å². The van der Waals surface area contributed by atoms with E-state index in [0.29, 0.717) is 11.4 Å². The molecule has 0 saturated carbocycles. The van der Waals surface area contributed by atoms with E-state index in [2.05, 4.69) is 26.6 Å². The molecule has 7 heteroatoms. The number of alkyl halides is 3. The summed E-state index contributed by atoms with van der Waals surface area (Å²) in [6.45, 7) is 0. The van der Waals surface area contributed by atoms with Crippen LogP contribution >= 0.6 is 0 Å². The quantitative estimate of drug-likeness (QED) is 0.711. The van der Waals surface area contributed by atoms with Crippen LogP contribution in [-0.4, -0.2) is 30.3 Å². The van der Waals surface area contributed by atoms with E-state index in [1.54, 1.807) is 18.2 Å². The SMILES string of the molecule is FC(F)(F)c1cc(-c2ccccn2)[n]([Al])n1. The van der Waals surface area contributed by atoms with Gasteiger partial charge in [-0.15, -0.1) is 0 Å². The third-order valence-electron chi connectivity index (χ3n) is 1.95. The van der Waals surface area contributed by atoms with Gasteiger partial charge in [-0.1, -0.05) is 6.07 Å². The standard InChI is InChI=1S/C9H5F3N3.Al/c10-9(11,12)8-5-7(14-15-8)6-3-1-2-4-13-6;/h1-5H;/q-1;+1. The first-order chi connectivity index (χ1) is 7.48. The topological polar surface area (TPSA) is 30.7 Å². The summed E-state index contributed by atoms with van der Waals surface area (Å²) in [6.07, 6.45) is -2.92.